The second-order valence-electron chi connectivity index (χ2n) is 4.81. The van der Waals surface area contributed by atoms with Gasteiger partial charge in [0.05, 0.1) is 0 Å². The summed E-state index contributed by atoms with van der Waals surface area (Å²) in [5, 5.41) is 3.37. The zero-order chi connectivity index (χ0) is 13.9. The van der Waals surface area contributed by atoms with Crippen molar-refractivity contribution in [2.75, 3.05) is 6.79 Å². The van der Waals surface area contributed by atoms with E-state index in [2.05, 4.69) is 5.32 Å². The fourth-order valence-corrected chi connectivity index (χ4v) is 2.29. The number of nitrogens with one attached hydrogen (secondary N) is 1. The molecule has 0 spiro atoms. The largest absolute Gasteiger partial charge is 0.454 e. The van der Waals surface area contributed by atoms with Gasteiger partial charge in [-0.15, -0.1) is 0 Å². The standard InChI is InChI=1S/C16H16FNO2/c1-11(12-4-2-6-14(17)8-12)18-9-13-5-3-7-15-16(13)20-10-19-15/h2-8,11,18H,9-10H2,1H3/t11-/m1/s1. The summed E-state index contributed by atoms with van der Waals surface area (Å²) in [6.45, 7) is 2.92. The van der Waals surface area contributed by atoms with E-state index in [1.165, 1.54) is 6.07 Å². The molecule has 0 aliphatic carbocycles. The molecule has 0 fully saturated rings. The van der Waals surface area contributed by atoms with E-state index in [0.717, 1.165) is 22.6 Å². The number of hydrogen-bond acceptors (Lipinski definition) is 3. The molecule has 20 heavy (non-hydrogen) atoms. The van der Waals surface area contributed by atoms with E-state index in [4.69, 9.17) is 9.47 Å². The Morgan fingerprint density at radius 1 is 1.20 bits per heavy atom. The Kier molecular flexibility index (Phi) is 3.56. The summed E-state index contributed by atoms with van der Waals surface area (Å²) in [6, 6.07) is 12.5. The molecule has 0 aromatic heterocycles. The number of para-hydroxylation sites is 1. The minimum atomic E-state index is -0.214. The zero-order valence-corrected chi connectivity index (χ0v) is 11.2. The first-order chi connectivity index (χ1) is 9.74. The maximum Gasteiger partial charge on any atom is 0.231 e. The Morgan fingerprint density at radius 3 is 2.90 bits per heavy atom. The summed E-state index contributed by atoms with van der Waals surface area (Å²) in [6.07, 6.45) is 0. The normalized spacial score (nSPS) is 14.3. The fourth-order valence-electron chi connectivity index (χ4n) is 2.29. The Bertz CT molecular complexity index is 615. The first kappa shape index (κ1) is 12.9. The van der Waals surface area contributed by atoms with Gasteiger partial charge in [0, 0.05) is 18.2 Å². The number of rotatable bonds is 4. The van der Waals surface area contributed by atoms with Gasteiger partial charge in [-0.05, 0) is 30.7 Å². The average Bonchev–Trinajstić information content (AvgIpc) is 2.93. The summed E-state index contributed by atoms with van der Waals surface area (Å²) in [4.78, 5) is 0. The smallest absolute Gasteiger partial charge is 0.231 e. The van der Waals surface area contributed by atoms with Crippen molar-refractivity contribution in [1.82, 2.24) is 5.32 Å². The number of halogens is 1. The molecule has 4 heteroatoms. The van der Waals surface area contributed by atoms with Gasteiger partial charge < -0.3 is 14.8 Å². The monoisotopic (exact) mass is 273 g/mol. The molecule has 104 valence electrons. The van der Waals surface area contributed by atoms with Crippen molar-refractivity contribution >= 4 is 0 Å². The topological polar surface area (TPSA) is 30.5 Å². The van der Waals surface area contributed by atoms with Crippen molar-refractivity contribution in [3.63, 3.8) is 0 Å². The van der Waals surface area contributed by atoms with Crippen molar-refractivity contribution in [2.45, 2.75) is 19.5 Å². The first-order valence-electron chi connectivity index (χ1n) is 6.60. The molecule has 0 saturated heterocycles. The van der Waals surface area contributed by atoms with Gasteiger partial charge in [0.2, 0.25) is 6.79 Å². The molecule has 3 nitrogen and oxygen atoms in total. The van der Waals surface area contributed by atoms with Gasteiger partial charge in [0.25, 0.3) is 0 Å². The predicted molar refractivity (Wildman–Crippen MR) is 74.2 cm³/mol. The minimum Gasteiger partial charge on any atom is -0.454 e. The van der Waals surface area contributed by atoms with Crippen LogP contribution in [0.25, 0.3) is 0 Å². The zero-order valence-electron chi connectivity index (χ0n) is 11.2. The lowest BCUT2D eigenvalue weighted by Gasteiger charge is -2.15. The second-order valence-corrected chi connectivity index (χ2v) is 4.81. The molecule has 0 radical (unpaired) electrons. The van der Waals surface area contributed by atoms with Gasteiger partial charge >= 0.3 is 0 Å². The van der Waals surface area contributed by atoms with Crippen molar-refractivity contribution < 1.29 is 13.9 Å². The van der Waals surface area contributed by atoms with Crippen LogP contribution in [0.4, 0.5) is 4.39 Å². The van der Waals surface area contributed by atoms with Crippen LogP contribution in [-0.4, -0.2) is 6.79 Å². The van der Waals surface area contributed by atoms with Crippen LogP contribution in [0.15, 0.2) is 42.5 Å². The van der Waals surface area contributed by atoms with Crippen LogP contribution in [0.5, 0.6) is 11.5 Å². The van der Waals surface area contributed by atoms with Crippen LogP contribution in [0.3, 0.4) is 0 Å². The number of fused-ring (bicyclic) bond motifs is 1. The highest BCUT2D eigenvalue weighted by molar-refractivity contribution is 5.48. The third kappa shape index (κ3) is 2.60. The van der Waals surface area contributed by atoms with E-state index in [9.17, 15) is 4.39 Å². The van der Waals surface area contributed by atoms with E-state index in [1.807, 2.05) is 31.2 Å². The van der Waals surface area contributed by atoms with Crippen molar-refractivity contribution in [3.05, 3.63) is 59.4 Å². The molecule has 1 aliphatic heterocycles. The third-order valence-electron chi connectivity index (χ3n) is 3.43. The van der Waals surface area contributed by atoms with E-state index in [0.29, 0.717) is 6.54 Å². The van der Waals surface area contributed by atoms with Gasteiger partial charge in [0.1, 0.15) is 5.82 Å². The molecule has 0 bridgehead atoms. The SMILES string of the molecule is C[C@@H](NCc1cccc2c1OCO2)c1cccc(F)c1. The van der Waals surface area contributed by atoms with Crippen LogP contribution >= 0.6 is 0 Å². The lowest BCUT2D eigenvalue weighted by Crippen LogP contribution is -2.18. The van der Waals surface area contributed by atoms with Gasteiger partial charge in [-0.25, -0.2) is 4.39 Å². The number of benzene rings is 2. The van der Waals surface area contributed by atoms with Crippen molar-refractivity contribution in [1.29, 1.82) is 0 Å². The molecule has 1 aliphatic rings. The Labute approximate surface area is 117 Å². The quantitative estimate of drug-likeness (QED) is 0.926. The second kappa shape index (κ2) is 5.51. The third-order valence-corrected chi connectivity index (χ3v) is 3.43. The molecule has 2 aromatic rings. The lowest BCUT2D eigenvalue weighted by molar-refractivity contribution is 0.173. The molecule has 0 saturated carbocycles. The maximum absolute atomic E-state index is 13.2. The highest BCUT2D eigenvalue weighted by Crippen LogP contribution is 2.35. The number of ether oxygens (including phenoxy) is 2. The molecular weight excluding hydrogens is 257 g/mol. The van der Waals surface area contributed by atoms with Crippen LogP contribution < -0.4 is 14.8 Å². The van der Waals surface area contributed by atoms with E-state index in [-0.39, 0.29) is 18.7 Å². The summed E-state index contributed by atoms with van der Waals surface area (Å²) in [5.74, 6) is 1.36. The Morgan fingerprint density at radius 2 is 2.05 bits per heavy atom. The van der Waals surface area contributed by atoms with Gasteiger partial charge in [-0.3, -0.25) is 0 Å². The van der Waals surface area contributed by atoms with Crippen LogP contribution in [0.1, 0.15) is 24.1 Å². The predicted octanol–water partition coefficient (Wildman–Crippen LogP) is 3.41. The molecule has 0 amide bonds. The summed E-state index contributed by atoms with van der Waals surface area (Å²) < 4.78 is 24.0. The first-order valence-corrected chi connectivity index (χ1v) is 6.60. The molecule has 1 atom stereocenters. The Hall–Kier alpha value is -2.07. The highest BCUT2D eigenvalue weighted by atomic mass is 19.1. The summed E-state index contributed by atoms with van der Waals surface area (Å²) in [7, 11) is 0. The molecule has 1 N–H and O–H groups in total. The van der Waals surface area contributed by atoms with Crippen LogP contribution in [0, 0.1) is 5.82 Å². The molecular formula is C16H16FNO2. The summed E-state index contributed by atoms with van der Waals surface area (Å²) in [5.41, 5.74) is 1.97. The molecule has 0 unspecified atom stereocenters. The van der Waals surface area contributed by atoms with Crippen molar-refractivity contribution in [3.8, 4) is 11.5 Å². The highest BCUT2D eigenvalue weighted by Gasteiger charge is 2.17. The molecule has 1 heterocycles. The van der Waals surface area contributed by atoms with Gasteiger partial charge in [0.15, 0.2) is 11.5 Å². The average molecular weight is 273 g/mol. The Balaban J connectivity index is 1.69. The van der Waals surface area contributed by atoms with Gasteiger partial charge in [-0.2, -0.15) is 0 Å². The molecule has 3 rings (SSSR count). The fraction of sp³-hybridized carbons (Fsp3) is 0.250. The van der Waals surface area contributed by atoms with Crippen molar-refractivity contribution in [2.24, 2.45) is 0 Å². The summed E-state index contributed by atoms with van der Waals surface area (Å²) >= 11 is 0. The minimum absolute atomic E-state index is 0.0591. The van der Waals surface area contributed by atoms with E-state index >= 15 is 0 Å². The van der Waals surface area contributed by atoms with Gasteiger partial charge in [-0.1, -0.05) is 24.3 Å². The van der Waals surface area contributed by atoms with Crippen LogP contribution in [-0.2, 0) is 6.54 Å². The molecule has 2 aromatic carbocycles. The maximum atomic E-state index is 13.2. The van der Waals surface area contributed by atoms with E-state index in [1.54, 1.807) is 12.1 Å². The lowest BCUT2D eigenvalue weighted by atomic mass is 10.1. The van der Waals surface area contributed by atoms with E-state index < -0.39 is 0 Å². The van der Waals surface area contributed by atoms with Crippen LogP contribution in [0.2, 0.25) is 0 Å². The number of hydrogen-bond donors (Lipinski definition) is 1.